The summed E-state index contributed by atoms with van der Waals surface area (Å²) in [4.78, 5) is 0. The molecule has 1 aliphatic rings. The number of nitrogens with two attached hydrogens (primary N) is 1. The van der Waals surface area contributed by atoms with Crippen LogP contribution in [0.5, 0.6) is 11.5 Å². The van der Waals surface area contributed by atoms with Crippen molar-refractivity contribution >= 4 is 0 Å². The number of aryl methyl sites for hydroxylation is 2. The number of ether oxygens (including phenoxy) is 2. The third-order valence-electron chi connectivity index (χ3n) is 3.79. The number of hydrogen-bond acceptors (Lipinski definition) is 3. The van der Waals surface area contributed by atoms with Gasteiger partial charge in [-0.05, 0) is 60.4 Å². The monoisotopic (exact) mass is 287 g/mol. The van der Waals surface area contributed by atoms with Gasteiger partial charge in [0.1, 0.15) is 19.0 Å². The number of halogens is 1. The predicted octanol–water partition coefficient (Wildman–Crippen LogP) is 3.26. The van der Waals surface area contributed by atoms with E-state index in [2.05, 4.69) is 0 Å². The highest BCUT2D eigenvalue weighted by atomic mass is 19.1. The molecule has 2 aromatic rings. The molecule has 0 aliphatic carbocycles. The quantitative estimate of drug-likeness (QED) is 0.922. The molecule has 2 N–H and O–H groups in total. The van der Waals surface area contributed by atoms with Crippen LogP contribution in [-0.2, 0) is 0 Å². The van der Waals surface area contributed by atoms with Crippen LogP contribution in [-0.4, -0.2) is 13.2 Å². The second kappa shape index (κ2) is 5.37. The average Bonchev–Trinajstić information content (AvgIpc) is 2.45. The van der Waals surface area contributed by atoms with E-state index in [0.29, 0.717) is 19.0 Å². The summed E-state index contributed by atoms with van der Waals surface area (Å²) >= 11 is 0. The van der Waals surface area contributed by atoms with Gasteiger partial charge in [0, 0.05) is 0 Å². The van der Waals surface area contributed by atoms with Gasteiger partial charge in [0.15, 0.2) is 11.5 Å². The largest absolute Gasteiger partial charge is 0.486 e. The molecule has 0 bridgehead atoms. The molecule has 3 nitrogen and oxygen atoms in total. The summed E-state index contributed by atoms with van der Waals surface area (Å²) in [6.45, 7) is 4.86. The summed E-state index contributed by atoms with van der Waals surface area (Å²) in [5, 5.41) is 0. The summed E-state index contributed by atoms with van der Waals surface area (Å²) in [6, 6.07) is 8.42. The van der Waals surface area contributed by atoms with E-state index >= 15 is 0 Å². The van der Waals surface area contributed by atoms with Crippen LogP contribution in [0.15, 0.2) is 30.3 Å². The Morgan fingerprint density at radius 1 is 1.00 bits per heavy atom. The van der Waals surface area contributed by atoms with Gasteiger partial charge in [-0.15, -0.1) is 0 Å². The van der Waals surface area contributed by atoms with Gasteiger partial charge in [-0.3, -0.25) is 0 Å². The molecular formula is C17H18FNO2. The molecule has 0 amide bonds. The fraction of sp³-hybridized carbons (Fsp3) is 0.294. The molecule has 1 heterocycles. The van der Waals surface area contributed by atoms with Gasteiger partial charge in [0.2, 0.25) is 0 Å². The first-order chi connectivity index (χ1) is 10.1. The van der Waals surface area contributed by atoms with Crippen molar-refractivity contribution in [2.45, 2.75) is 19.9 Å². The Labute approximate surface area is 123 Å². The Balaban J connectivity index is 2.01. The Morgan fingerprint density at radius 2 is 1.62 bits per heavy atom. The number of rotatable bonds is 2. The maximum Gasteiger partial charge on any atom is 0.161 e. The van der Waals surface area contributed by atoms with Crippen molar-refractivity contribution in [2.75, 3.05) is 13.2 Å². The van der Waals surface area contributed by atoms with Crippen molar-refractivity contribution in [3.8, 4) is 11.5 Å². The minimum atomic E-state index is -0.318. The molecule has 1 unspecified atom stereocenters. The van der Waals surface area contributed by atoms with Gasteiger partial charge in [0.05, 0.1) is 6.04 Å². The van der Waals surface area contributed by atoms with Gasteiger partial charge >= 0.3 is 0 Å². The predicted molar refractivity (Wildman–Crippen MR) is 79.3 cm³/mol. The molecule has 1 atom stereocenters. The molecule has 0 spiro atoms. The van der Waals surface area contributed by atoms with Gasteiger partial charge in [0.25, 0.3) is 0 Å². The highest BCUT2D eigenvalue weighted by molar-refractivity contribution is 5.48. The molecule has 0 radical (unpaired) electrons. The first kappa shape index (κ1) is 13.9. The number of benzene rings is 2. The Kier molecular flexibility index (Phi) is 3.55. The summed E-state index contributed by atoms with van der Waals surface area (Å²) in [5.41, 5.74) is 9.97. The van der Waals surface area contributed by atoms with Crippen LogP contribution in [0.2, 0.25) is 0 Å². The zero-order chi connectivity index (χ0) is 15.0. The molecule has 110 valence electrons. The Bertz CT molecular complexity index is 661. The minimum absolute atomic E-state index is 0.233. The smallest absolute Gasteiger partial charge is 0.161 e. The van der Waals surface area contributed by atoms with E-state index in [-0.39, 0.29) is 11.9 Å². The van der Waals surface area contributed by atoms with Crippen molar-refractivity contribution < 1.29 is 13.9 Å². The SMILES string of the molecule is Cc1cc(F)cc(C)c1C(N)c1ccc2c(c1)OCCO2. The minimum Gasteiger partial charge on any atom is -0.486 e. The van der Waals surface area contributed by atoms with Crippen LogP contribution in [0.3, 0.4) is 0 Å². The molecule has 0 aromatic heterocycles. The fourth-order valence-electron chi connectivity index (χ4n) is 2.83. The van der Waals surface area contributed by atoms with E-state index in [1.807, 2.05) is 32.0 Å². The molecule has 0 saturated heterocycles. The highest BCUT2D eigenvalue weighted by Crippen LogP contribution is 2.35. The number of fused-ring (bicyclic) bond motifs is 1. The van der Waals surface area contributed by atoms with Gasteiger partial charge in [-0.25, -0.2) is 4.39 Å². The van der Waals surface area contributed by atoms with Crippen molar-refractivity contribution in [1.82, 2.24) is 0 Å². The lowest BCUT2D eigenvalue weighted by atomic mass is 9.91. The fourth-order valence-corrected chi connectivity index (χ4v) is 2.83. The van der Waals surface area contributed by atoms with Crippen molar-refractivity contribution in [3.63, 3.8) is 0 Å². The van der Waals surface area contributed by atoms with Crippen LogP contribution in [0.4, 0.5) is 4.39 Å². The summed E-state index contributed by atoms with van der Waals surface area (Å²) in [5.74, 6) is 1.22. The number of hydrogen-bond donors (Lipinski definition) is 1. The molecule has 0 saturated carbocycles. The van der Waals surface area contributed by atoms with Crippen molar-refractivity contribution in [3.05, 3.63) is 58.4 Å². The summed E-state index contributed by atoms with van der Waals surface area (Å²) in [7, 11) is 0. The summed E-state index contributed by atoms with van der Waals surface area (Å²) in [6.07, 6.45) is 0. The molecule has 21 heavy (non-hydrogen) atoms. The van der Waals surface area contributed by atoms with Crippen LogP contribution in [0, 0.1) is 19.7 Å². The normalized spacial score (nSPS) is 14.9. The van der Waals surface area contributed by atoms with E-state index < -0.39 is 0 Å². The lowest BCUT2D eigenvalue weighted by Gasteiger charge is -2.22. The van der Waals surface area contributed by atoms with E-state index in [9.17, 15) is 4.39 Å². The molecule has 1 aliphatic heterocycles. The van der Waals surface area contributed by atoms with Gasteiger partial charge in [-0.1, -0.05) is 6.07 Å². The van der Waals surface area contributed by atoms with Crippen LogP contribution >= 0.6 is 0 Å². The van der Waals surface area contributed by atoms with E-state index in [0.717, 1.165) is 28.0 Å². The summed E-state index contributed by atoms with van der Waals surface area (Å²) < 4.78 is 24.5. The van der Waals surface area contributed by atoms with Gasteiger partial charge < -0.3 is 15.2 Å². The van der Waals surface area contributed by atoms with Crippen LogP contribution in [0.1, 0.15) is 28.3 Å². The van der Waals surface area contributed by atoms with E-state index in [4.69, 9.17) is 15.2 Å². The van der Waals surface area contributed by atoms with E-state index in [1.54, 1.807) is 0 Å². The molecule has 0 fully saturated rings. The Hall–Kier alpha value is -2.07. The third-order valence-corrected chi connectivity index (χ3v) is 3.79. The molecule has 3 rings (SSSR count). The first-order valence-corrected chi connectivity index (χ1v) is 6.98. The topological polar surface area (TPSA) is 44.5 Å². The second-order valence-electron chi connectivity index (χ2n) is 5.33. The van der Waals surface area contributed by atoms with Crippen LogP contribution < -0.4 is 15.2 Å². The molecule has 4 heteroatoms. The van der Waals surface area contributed by atoms with Crippen molar-refractivity contribution in [1.29, 1.82) is 0 Å². The average molecular weight is 287 g/mol. The van der Waals surface area contributed by atoms with Crippen LogP contribution in [0.25, 0.3) is 0 Å². The maximum atomic E-state index is 13.4. The second-order valence-corrected chi connectivity index (χ2v) is 5.33. The highest BCUT2D eigenvalue weighted by Gasteiger charge is 2.18. The lowest BCUT2D eigenvalue weighted by molar-refractivity contribution is 0.171. The first-order valence-electron chi connectivity index (χ1n) is 6.98. The van der Waals surface area contributed by atoms with Crippen molar-refractivity contribution in [2.24, 2.45) is 5.73 Å². The lowest BCUT2D eigenvalue weighted by Crippen LogP contribution is -2.18. The van der Waals surface area contributed by atoms with E-state index in [1.165, 1.54) is 12.1 Å². The maximum absolute atomic E-state index is 13.4. The molecular weight excluding hydrogens is 269 g/mol. The van der Waals surface area contributed by atoms with Gasteiger partial charge in [-0.2, -0.15) is 0 Å². The zero-order valence-corrected chi connectivity index (χ0v) is 12.2. The third kappa shape index (κ3) is 2.59. The zero-order valence-electron chi connectivity index (χ0n) is 12.2. The molecule has 2 aromatic carbocycles. The standard InChI is InChI=1S/C17H18FNO2/c1-10-7-13(18)8-11(2)16(10)17(19)12-3-4-14-15(9-12)21-6-5-20-14/h3-4,7-9,17H,5-6,19H2,1-2H3. The Morgan fingerprint density at radius 3 is 2.29 bits per heavy atom.